The summed E-state index contributed by atoms with van der Waals surface area (Å²) < 4.78 is 5.53. The van der Waals surface area contributed by atoms with E-state index < -0.39 is 0 Å². The van der Waals surface area contributed by atoms with Crippen molar-refractivity contribution in [2.24, 2.45) is 5.73 Å². The highest BCUT2D eigenvalue weighted by molar-refractivity contribution is 5.26. The van der Waals surface area contributed by atoms with Crippen LogP contribution in [0.3, 0.4) is 0 Å². The predicted octanol–water partition coefficient (Wildman–Crippen LogP) is 1.09. The van der Waals surface area contributed by atoms with Crippen LogP contribution in [0.2, 0.25) is 0 Å². The number of nitrogens with two attached hydrogens (primary N) is 1. The zero-order chi connectivity index (χ0) is 10.4. The van der Waals surface area contributed by atoms with Crippen LogP contribution in [0.4, 0.5) is 0 Å². The Morgan fingerprint density at radius 3 is 2.36 bits per heavy atom. The minimum Gasteiger partial charge on any atom is -0.492 e. The van der Waals surface area contributed by atoms with E-state index >= 15 is 0 Å². The van der Waals surface area contributed by atoms with Crippen LogP contribution in [0.1, 0.15) is 5.56 Å². The lowest BCUT2D eigenvalue weighted by molar-refractivity contribution is 0.261. The van der Waals surface area contributed by atoms with Gasteiger partial charge in [0.15, 0.2) is 0 Å². The number of nitrogens with zero attached hydrogens (tertiary/aromatic N) is 1. The highest BCUT2D eigenvalue weighted by Crippen LogP contribution is 2.11. The summed E-state index contributed by atoms with van der Waals surface area (Å²) in [6.07, 6.45) is 0. The van der Waals surface area contributed by atoms with Gasteiger partial charge >= 0.3 is 0 Å². The first-order valence-corrected chi connectivity index (χ1v) is 4.79. The van der Waals surface area contributed by atoms with E-state index in [1.165, 1.54) is 0 Å². The minimum absolute atomic E-state index is 0.581. The maximum atomic E-state index is 5.53. The maximum absolute atomic E-state index is 5.53. The Kier molecular flexibility index (Phi) is 4.43. The van der Waals surface area contributed by atoms with E-state index in [4.69, 9.17) is 10.5 Å². The third-order valence-corrected chi connectivity index (χ3v) is 1.97. The summed E-state index contributed by atoms with van der Waals surface area (Å²) >= 11 is 0. The molecule has 3 nitrogen and oxygen atoms in total. The Labute approximate surface area is 85.5 Å². The average Bonchev–Trinajstić information content (AvgIpc) is 2.18. The van der Waals surface area contributed by atoms with E-state index in [0.717, 1.165) is 24.5 Å². The van der Waals surface area contributed by atoms with Gasteiger partial charge in [-0.25, -0.2) is 0 Å². The molecule has 78 valence electrons. The molecule has 1 aromatic rings. The predicted molar refractivity (Wildman–Crippen MR) is 58.4 cm³/mol. The number of hydrogen-bond acceptors (Lipinski definition) is 3. The smallest absolute Gasteiger partial charge is 0.119 e. The molecule has 0 amide bonds. The molecular formula is C11H18N2O. The highest BCUT2D eigenvalue weighted by Gasteiger charge is 1.94. The first kappa shape index (κ1) is 11.0. The molecule has 0 atom stereocenters. The Bertz CT molecular complexity index is 256. The van der Waals surface area contributed by atoms with Gasteiger partial charge in [-0.15, -0.1) is 0 Å². The van der Waals surface area contributed by atoms with Gasteiger partial charge in [-0.2, -0.15) is 0 Å². The summed E-state index contributed by atoms with van der Waals surface area (Å²) in [6, 6.07) is 7.89. The lowest BCUT2D eigenvalue weighted by Crippen LogP contribution is -2.19. The molecule has 0 aromatic heterocycles. The molecule has 3 heteroatoms. The van der Waals surface area contributed by atoms with E-state index in [-0.39, 0.29) is 0 Å². The van der Waals surface area contributed by atoms with E-state index in [1.54, 1.807) is 0 Å². The van der Waals surface area contributed by atoms with E-state index in [9.17, 15) is 0 Å². The second-order valence-corrected chi connectivity index (χ2v) is 3.50. The standard InChI is InChI=1S/C11H18N2O/c1-13(2)7-8-14-11-5-3-10(9-12)4-6-11/h3-6H,7-9,12H2,1-2H3. The SMILES string of the molecule is CN(C)CCOc1ccc(CN)cc1. The van der Waals surface area contributed by atoms with Gasteiger partial charge in [0, 0.05) is 13.1 Å². The number of rotatable bonds is 5. The van der Waals surface area contributed by atoms with Gasteiger partial charge < -0.3 is 15.4 Å². The van der Waals surface area contributed by atoms with Crippen LogP contribution in [0.5, 0.6) is 5.75 Å². The molecule has 0 fully saturated rings. The first-order valence-electron chi connectivity index (χ1n) is 4.79. The average molecular weight is 194 g/mol. The summed E-state index contributed by atoms with van der Waals surface area (Å²) in [5.41, 5.74) is 6.62. The van der Waals surface area contributed by atoms with Gasteiger partial charge in [-0.3, -0.25) is 0 Å². The molecule has 0 aliphatic heterocycles. The van der Waals surface area contributed by atoms with Crippen molar-refractivity contribution in [1.82, 2.24) is 4.90 Å². The molecule has 2 N–H and O–H groups in total. The van der Waals surface area contributed by atoms with Crippen molar-refractivity contribution in [2.45, 2.75) is 6.54 Å². The van der Waals surface area contributed by atoms with Crippen molar-refractivity contribution in [2.75, 3.05) is 27.2 Å². The molecule has 0 saturated carbocycles. The molecule has 0 saturated heterocycles. The quantitative estimate of drug-likeness (QED) is 0.762. The number of hydrogen-bond donors (Lipinski definition) is 1. The third-order valence-electron chi connectivity index (χ3n) is 1.97. The molecule has 1 rings (SSSR count). The van der Waals surface area contributed by atoms with Gasteiger partial charge in [-0.1, -0.05) is 12.1 Å². The van der Waals surface area contributed by atoms with Crippen molar-refractivity contribution >= 4 is 0 Å². The van der Waals surface area contributed by atoms with Crippen LogP contribution >= 0.6 is 0 Å². The zero-order valence-corrected chi connectivity index (χ0v) is 8.86. The molecule has 0 spiro atoms. The van der Waals surface area contributed by atoms with Crippen molar-refractivity contribution in [3.63, 3.8) is 0 Å². The summed E-state index contributed by atoms with van der Waals surface area (Å²) in [6.45, 7) is 2.23. The summed E-state index contributed by atoms with van der Waals surface area (Å²) in [4.78, 5) is 2.09. The second-order valence-electron chi connectivity index (χ2n) is 3.50. The van der Waals surface area contributed by atoms with Crippen LogP contribution in [0.25, 0.3) is 0 Å². The lowest BCUT2D eigenvalue weighted by atomic mass is 10.2. The van der Waals surface area contributed by atoms with Crippen LogP contribution in [-0.2, 0) is 6.54 Å². The molecule has 0 aliphatic rings. The topological polar surface area (TPSA) is 38.5 Å². The normalized spacial score (nSPS) is 10.6. The van der Waals surface area contributed by atoms with Gasteiger partial charge in [0.25, 0.3) is 0 Å². The third kappa shape index (κ3) is 3.77. The van der Waals surface area contributed by atoms with Gasteiger partial charge in [0.2, 0.25) is 0 Å². The number of benzene rings is 1. The second kappa shape index (κ2) is 5.62. The Balaban J connectivity index is 2.36. The summed E-state index contributed by atoms with van der Waals surface area (Å²) in [7, 11) is 4.06. The molecule has 14 heavy (non-hydrogen) atoms. The van der Waals surface area contributed by atoms with Crippen molar-refractivity contribution in [3.8, 4) is 5.75 Å². The minimum atomic E-state index is 0.581. The highest BCUT2D eigenvalue weighted by atomic mass is 16.5. The van der Waals surface area contributed by atoms with E-state index in [1.807, 2.05) is 38.4 Å². The largest absolute Gasteiger partial charge is 0.492 e. The van der Waals surface area contributed by atoms with E-state index in [0.29, 0.717) is 6.54 Å². The van der Waals surface area contributed by atoms with Crippen LogP contribution in [0, 0.1) is 0 Å². The van der Waals surface area contributed by atoms with Gasteiger partial charge in [0.1, 0.15) is 12.4 Å². The molecule has 0 heterocycles. The fourth-order valence-electron chi connectivity index (χ4n) is 1.07. The van der Waals surface area contributed by atoms with Crippen molar-refractivity contribution < 1.29 is 4.74 Å². The van der Waals surface area contributed by atoms with Crippen molar-refractivity contribution in [1.29, 1.82) is 0 Å². The Morgan fingerprint density at radius 2 is 1.86 bits per heavy atom. The monoisotopic (exact) mass is 194 g/mol. The summed E-state index contributed by atoms with van der Waals surface area (Å²) in [5.74, 6) is 0.907. The summed E-state index contributed by atoms with van der Waals surface area (Å²) in [5, 5.41) is 0. The zero-order valence-electron chi connectivity index (χ0n) is 8.86. The molecule has 0 aliphatic carbocycles. The molecule has 0 bridgehead atoms. The molecule has 0 radical (unpaired) electrons. The van der Waals surface area contributed by atoms with Gasteiger partial charge in [-0.05, 0) is 31.8 Å². The van der Waals surface area contributed by atoms with Crippen LogP contribution < -0.4 is 10.5 Å². The Morgan fingerprint density at radius 1 is 1.21 bits per heavy atom. The first-order chi connectivity index (χ1) is 6.72. The maximum Gasteiger partial charge on any atom is 0.119 e. The molecule has 0 unspecified atom stereocenters. The molecule has 1 aromatic carbocycles. The fraction of sp³-hybridized carbons (Fsp3) is 0.455. The van der Waals surface area contributed by atoms with Crippen LogP contribution in [-0.4, -0.2) is 32.1 Å². The number of likely N-dealkylation sites (N-methyl/N-ethyl adjacent to an activating group) is 1. The van der Waals surface area contributed by atoms with E-state index in [2.05, 4.69) is 4.90 Å². The van der Waals surface area contributed by atoms with Gasteiger partial charge in [0.05, 0.1) is 0 Å². The number of ether oxygens (including phenoxy) is 1. The Hall–Kier alpha value is -1.06. The van der Waals surface area contributed by atoms with Crippen molar-refractivity contribution in [3.05, 3.63) is 29.8 Å². The molecular weight excluding hydrogens is 176 g/mol. The fourth-order valence-corrected chi connectivity index (χ4v) is 1.07. The van der Waals surface area contributed by atoms with Crippen LogP contribution in [0.15, 0.2) is 24.3 Å². The lowest BCUT2D eigenvalue weighted by Gasteiger charge is -2.11.